The summed E-state index contributed by atoms with van der Waals surface area (Å²) in [7, 11) is 0. The lowest BCUT2D eigenvalue weighted by molar-refractivity contribution is 1.21. The molecule has 9 heavy (non-hydrogen) atoms. The van der Waals surface area contributed by atoms with Crippen LogP contribution in [0.3, 0.4) is 0 Å². The Hall–Kier alpha value is -0.980. The zero-order valence-corrected chi connectivity index (χ0v) is 5.54. The number of allylic oxidation sites excluding steroid dienone is 4. The molecule has 1 heteroatoms. The fourth-order valence-corrected chi connectivity index (χ4v) is 0.735. The van der Waals surface area contributed by atoms with Crippen LogP contribution in [-0.4, -0.2) is 0 Å². The molecule has 0 aliphatic carbocycles. The van der Waals surface area contributed by atoms with Gasteiger partial charge >= 0.3 is 0 Å². The summed E-state index contributed by atoms with van der Waals surface area (Å²) < 4.78 is 0. The third-order valence-corrected chi connectivity index (χ3v) is 1.15. The fourth-order valence-electron chi connectivity index (χ4n) is 0.735. The van der Waals surface area contributed by atoms with Crippen molar-refractivity contribution in [2.75, 3.05) is 0 Å². The molecule has 1 nitrogen and oxygen atoms in total. The minimum absolute atomic E-state index is 1.09. The molecule has 0 saturated heterocycles. The summed E-state index contributed by atoms with van der Waals surface area (Å²) in [6, 6.07) is 0. The number of nitrogens with zero attached hydrogens (tertiary/aromatic N) is 1. The molecule has 0 unspecified atom stereocenters. The van der Waals surface area contributed by atoms with Crippen LogP contribution < -0.4 is 0 Å². The highest BCUT2D eigenvalue weighted by molar-refractivity contribution is 5.39. The standard InChI is InChI=1S/C8H10N/c1-2-3-8-4-6-9-7-5-8/h3-7H,2H2,1H3/q-1. The molecule has 0 aromatic heterocycles. The Bertz CT molecular complexity index is 149. The van der Waals surface area contributed by atoms with E-state index >= 15 is 0 Å². The smallest absolute Gasteiger partial charge is 0.0333 e. The quantitative estimate of drug-likeness (QED) is 0.505. The Morgan fingerprint density at radius 1 is 1.44 bits per heavy atom. The van der Waals surface area contributed by atoms with Gasteiger partial charge in [-0.3, -0.25) is 0 Å². The summed E-state index contributed by atoms with van der Waals surface area (Å²) in [5.74, 6) is 0. The van der Waals surface area contributed by atoms with Crippen molar-refractivity contribution >= 4 is 0 Å². The molecule has 0 N–H and O–H groups in total. The van der Waals surface area contributed by atoms with Gasteiger partial charge in [-0.25, -0.2) is 0 Å². The molecular weight excluding hydrogens is 110 g/mol. The molecule has 1 aliphatic heterocycles. The molecule has 1 aliphatic rings. The summed E-state index contributed by atoms with van der Waals surface area (Å²) in [6.45, 7) is 2.13. The average molecular weight is 120 g/mol. The highest BCUT2D eigenvalue weighted by atomic mass is 14.8. The Kier molecular flexibility index (Phi) is 2.13. The van der Waals surface area contributed by atoms with Crippen molar-refractivity contribution < 1.29 is 0 Å². The van der Waals surface area contributed by atoms with Crippen molar-refractivity contribution in [2.45, 2.75) is 13.3 Å². The van der Waals surface area contributed by atoms with Crippen LogP contribution in [-0.2, 0) is 0 Å². The van der Waals surface area contributed by atoms with Gasteiger partial charge < -0.3 is 5.32 Å². The summed E-state index contributed by atoms with van der Waals surface area (Å²) in [4.78, 5) is 0. The van der Waals surface area contributed by atoms with Gasteiger partial charge in [0.05, 0.1) is 0 Å². The van der Waals surface area contributed by atoms with Gasteiger partial charge in [-0.05, 0) is 12.0 Å². The van der Waals surface area contributed by atoms with E-state index in [1.807, 2.05) is 24.6 Å². The van der Waals surface area contributed by atoms with Crippen molar-refractivity contribution in [1.82, 2.24) is 0 Å². The molecule has 0 saturated carbocycles. The van der Waals surface area contributed by atoms with E-state index < -0.39 is 0 Å². The monoisotopic (exact) mass is 120 g/mol. The summed E-state index contributed by atoms with van der Waals surface area (Å²) >= 11 is 0. The van der Waals surface area contributed by atoms with E-state index in [9.17, 15) is 0 Å². The number of rotatable bonds is 1. The predicted molar refractivity (Wildman–Crippen MR) is 40.0 cm³/mol. The van der Waals surface area contributed by atoms with Gasteiger partial charge in [0.1, 0.15) is 0 Å². The number of hydrogen-bond donors (Lipinski definition) is 0. The summed E-state index contributed by atoms with van der Waals surface area (Å²) in [5, 5.41) is 3.91. The van der Waals surface area contributed by atoms with E-state index in [-0.39, 0.29) is 0 Å². The minimum atomic E-state index is 1.09. The van der Waals surface area contributed by atoms with Crippen LogP contribution in [0.25, 0.3) is 5.32 Å². The highest BCUT2D eigenvalue weighted by Gasteiger charge is 1.80. The molecule has 0 fully saturated rings. The van der Waals surface area contributed by atoms with Gasteiger partial charge in [0.2, 0.25) is 0 Å². The summed E-state index contributed by atoms with van der Waals surface area (Å²) in [6.07, 6.45) is 10.9. The van der Waals surface area contributed by atoms with Crippen LogP contribution in [0.5, 0.6) is 0 Å². The highest BCUT2D eigenvalue weighted by Crippen LogP contribution is 2.09. The molecule has 0 spiro atoms. The molecule has 48 valence electrons. The lowest BCUT2D eigenvalue weighted by atomic mass is 10.2. The van der Waals surface area contributed by atoms with Gasteiger partial charge in [0.15, 0.2) is 0 Å². The van der Waals surface area contributed by atoms with Crippen LogP contribution in [0.15, 0.2) is 36.2 Å². The molecule has 0 atom stereocenters. The summed E-state index contributed by atoms with van der Waals surface area (Å²) in [5.41, 5.74) is 1.26. The van der Waals surface area contributed by atoms with Crippen LogP contribution in [0.4, 0.5) is 0 Å². The SMILES string of the molecule is CCC=C1C=C[N-]C=C1. The zero-order chi connectivity index (χ0) is 6.53. The van der Waals surface area contributed by atoms with Gasteiger partial charge in [-0.2, -0.15) is 12.4 Å². The Morgan fingerprint density at radius 3 is 2.67 bits per heavy atom. The first-order chi connectivity index (χ1) is 4.43. The molecule has 1 heterocycles. The van der Waals surface area contributed by atoms with E-state index in [2.05, 4.69) is 18.3 Å². The fraction of sp³-hybridized carbons (Fsp3) is 0.250. The normalized spacial score (nSPS) is 15.4. The molecule has 0 aromatic carbocycles. The van der Waals surface area contributed by atoms with Crippen molar-refractivity contribution in [2.24, 2.45) is 0 Å². The van der Waals surface area contributed by atoms with Gasteiger partial charge in [0, 0.05) is 0 Å². The first-order valence-corrected chi connectivity index (χ1v) is 3.16. The third kappa shape index (κ3) is 1.76. The van der Waals surface area contributed by atoms with Crippen LogP contribution in [0.1, 0.15) is 13.3 Å². The second kappa shape index (κ2) is 3.13. The molecule has 0 bridgehead atoms. The van der Waals surface area contributed by atoms with Crippen LogP contribution in [0.2, 0.25) is 0 Å². The Labute approximate surface area is 55.8 Å². The first kappa shape index (κ1) is 6.14. The van der Waals surface area contributed by atoms with E-state index in [1.54, 1.807) is 0 Å². The van der Waals surface area contributed by atoms with E-state index in [1.165, 1.54) is 5.57 Å². The van der Waals surface area contributed by atoms with Crippen molar-refractivity contribution in [3.05, 3.63) is 41.5 Å². The Balaban J connectivity index is 2.59. The molecule has 1 rings (SSSR count). The van der Waals surface area contributed by atoms with Crippen molar-refractivity contribution in [3.63, 3.8) is 0 Å². The van der Waals surface area contributed by atoms with E-state index in [0.29, 0.717) is 0 Å². The topological polar surface area (TPSA) is 14.1 Å². The van der Waals surface area contributed by atoms with E-state index in [0.717, 1.165) is 6.42 Å². The lowest BCUT2D eigenvalue weighted by Crippen LogP contribution is -1.75. The molecular formula is C8H10N-. The second-order valence-electron chi connectivity index (χ2n) is 1.89. The second-order valence-corrected chi connectivity index (χ2v) is 1.89. The maximum absolute atomic E-state index is 3.91. The van der Waals surface area contributed by atoms with Crippen LogP contribution in [0, 0.1) is 0 Å². The Morgan fingerprint density at radius 2 is 2.11 bits per heavy atom. The van der Waals surface area contributed by atoms with Gasteiger partial charge in [-0.15, -0.1) is 0 Å². The molecule has 0 aromatic rings. The third-order valence-electron chi connectivity index (χ3n) is 1.15. The minimum Gasteiger partial charge on any atom is -0.670 e. The first-order valence-electron chi connectivity index (χ1n) is 3.16. The predicted octanol–water partition coefficient (Wildman–Crippen LogP) is 2.74. The van der Waals surface area contributed by atoms with Crippen molar-refractivity contribution in [3.8, 4) is 0 Å². The molecule has 0 amide bonds. The zero-order valence-electron chi connectivity index (χ0n) is 5.54. The maximum atomic E-state index is 3.91. The largest absolute Gasteiger partial charge is 0.670 e. The van der Waals surface area contributed by atoms with Gasteiger partial charge in [-0.1, -0.05) is 25.2 Å². The average Bonchev–Trinajstić information content (AvgIpc) is 1.91. The maximum Gasteiger partial charge on any atom is -0.0333 e. The number of hydrogen-bond acceptors (Lipinski definition) is 0. The lowest BCUT2D eigenvalue weighted by Gasteiger charge is -2.12. The molecule has 0 radical (unpaired) electrons. The van der Waals surface area contributed by atoms with E-state index in [4.69, 9.17) is 0 Å². The van der Waals surface area contributed by atoms with Crippen molar-refractivity contribution in [1.29, 1.82) is 0 Å². The van der Waals surface area contributed by atoms with Gasteiger partial charge in [0.25, 0.3) is 0 Å². The van der Waals surface area contributed by atoms with Crippen LogP contribution >= 0.6 is 0 Å².